The molecule has 3 rings (SSSR count). The Balaban J connectivity index is 2.01. The van der Waals surface area contributed by atoms with E-state index >= 15 is 0 Å². The molecule has 0 unspecified atom stereocenters. The van der Waals surface area contributed by atoms with Crippen LogP contribution >= 0.6 is 11.3 Å². The van der Waals surface area contributed by atoms with Crippen LogP contribution in [0.2, 0.25) is 0 Å². The topological polar surface area (TPSA) is 52.3 Å². The summed E-state index contributed by atoms with van der Waals surface area (Å²) in [6.07, 6.45) is 0.108. The van der Waals surface area contributed by atoms with Gasteiger partial charge in [-0.05, 0) is 37.4 Å². The monoisotopic (exact) mass is 327 g/mol. The fourth-order valence-corrected chi connectivity index (χ4v) is 3.05. The van der Waals surface area contributed by atoms with E-state index in [1.165, 1.54) is 0 Å². The van der Waals surface area contributed by atoms with Crippen LogP contribution in [0.25, 0.3) is 22.1 Å². The van der Waals surface area contributed by atoms with Gasteiger partial charge in [-0.3, -0.25) is 4.79 Å². The predicted molar refractivity (Wildman–Crippen MR) is 90.3 cm³/mol. The summed E-state index contributed by atoms with van der Waals surface area (Å²) in [6, 6.07) is 11.9. The van der Waals surface area contributed by atoms with Crippen molar-refractivity contribution in [3.8, 4) is 22.1 Å². The molecule has 0 N–H and O–H groups in total. The van der Waals surface area contributed by atoms with Crippen LogP contribution in [0.4, 0.5) is 0 Å². The summed E-state index contributed by atoms with van der Waals surface area (Å²) >= 11 is 1.56. The van der Waals surface area contributed by atoms with Crippen LogP contribution in [0.1, 0.15) is 18.2 Å². The number of carbonyl (C=O) groups is 1. The first kappa shape index (κ1) is 15.5. The third-order valence-corrected chi connectivity index (χ3v) is 4.19. The molecule has 118 valence electrons. The smallest absolute Gasteiger partial charge is 0.312 e. The van der Waals surface area contributed by atoms with Crippen LogP contribution in [0, 0.1) is 6.92 Å². The highest BCUT2D eigenvalue weighted by molar-refractivity contribution is 7.13. The van der Waals surface area contributed by atoms with Crippen molar-refractivity contribution in [2.45, 2.75) is 20.3 Å². The van der Waals surface area contributed by atoms with Crippen LogP contribution in [-0.2, 0) is 16.0 Å². The molecule has 0 aliphatic heterocycles. The van der Waals surface area contributed by atoms with E-state index in [4.69, 9.17) is 9.15 Å². The molecule has 2 heterocycles. The molecule has 0 atom stereocenters. The number of benzene rings is 1. The maximum absolute atomic E-state index is 11.8. The van der Waals surface area contributed by atoms with E-state index in [-0.39, 0.29) is 12.4 Å². The van der Waals surface area contributed by atoms with Gasteiger partial charge >= 0.3 is 5.97 Å². The zero-order chi connectivity index (χ0) is 16.2. The predicted octanol–water partition coefficient (Wildman–Crippen LogP) is 4.48. The van der Waals surface area contributed by atoms with Crippen molar-refractivity contribution < 1.29 is 13.9 Å². The van der Waals surface area contributed by atoms with Gasteiger partial charge in [-0.15, -0.1) is 11.3 Å². The Bertz CT molecular complexity index is 806. The van der Waals surface area contributed by atoms with E-state index in [9.17, 15) is 4.79 Å². The number of hydrogen-bond donors (Lipinski definition) is 0. The van der Waals surface area contributed by atoms with E-state index in [1.807, 2.05) is 48.7 Å². The van der Waals surface area contributed by atoms with Crippen LogP contribution in [0.3, 0.4) is 0 Å². The van der Waals surface area contributed by atoms with E-state index in [1.54, 1.807) is 18.3 Å². The van der Waals surface area contributed by atoms with Gasteiger partial charge in [-0.1, -0.05) is 23.8 Å². The van der Waals surface area contributed by atoms with Gasteiger partial charge in [-0.2, -0.15) is 0 Å². The van der Waals surface area contributed by atoms with Gasteiger partial charge in [0.2, 0.25) is 5.89 Å². The molecule has 0 saturated heterocycles. The number of nitrogens with zero attached hydrogens (tertiary/aromatic N) is 1. The molecule has 1 aromatic carbocycles. The lowest BCUT2D eigenvalue weighted by Crippen LogP contribution is -2.08. The Morgan fingerprint density at radius 1 is 1.30 bits per heavy atom. The third kappa shape index (κ3) is 3.51. The number of thiophene rings is 1. The molecule has 0 aliphatic rings. The van der Waals surface area contributed by atoms with E-state index < -0.39 is 0 Å². The minimum Gasteiger partial charge on any atom is -0.466 e. The Labute approximate surface area is 138 Å². The number of aromatic nitrogens is 1. The first-order chi connectivity index (χ1) is 11.2. The van der Waals surface area contributed by atoms with E-state index in [0.29, 0.717) is 24.0 Å². The molecule has 0 spiro atoms. The first-order valence-electron chi connectivity index (χ1n) is 7.43. The van der Waals surface area contributed by atoms with Gasteiger partial charge in [0.05, 0.1) is 23.6 Å². The second-order valence-corrected chi connectivity index (χ2v) is 6.07. The number of rotatable bonds is 5. The Morgan fingerprint density at radius 2 is 2.17 bits per heavy atom. The van der Waals surface area contributed by atoms with Gasteiger partial charge in [0.25, 0.3) is 0 Å². The summed E-state index contributed by atoms with van der Waals surface area (Å²) in [5.74, 6) is 0.871. The maximum atomic E-state index is 11.8. The molecular weight excluding hydrogens is 310 g/mol. The highest BCUT2D eigenvalue weighted by Crippen LogP contribution is 2.33. The zero-order valence-electron chi connectivity index (χ0n) is 13.0. The molecule has 0 amide bonds. The van der Waals surface area contributed by atoms with Crippen molar-refractivity contribution in [1.29, 1.82) is 0 Å². The molecule has 0 bridgehead atoms. The number of aryl methyl sites for hydroxylation is 1. The lowest BCUT2D eigenvalue weighted by Gasteiger charge is -1.99. The number of hydrogen-bond acceptors (Lipinski definition) is 5. The molecule has 0 saturated carbocycles. The molecule has 2 aromatic heterocycles. The third-order valence-electron chi connectivity index (χ3n) is 3.32. The summed E-state index contributed by atoms with van der Waals surface area (Å²) < 4.78 is 11.0. The number of ether oxygens (including phenoxy) is 1. The van der Waals surface area contributed by atoms with Crippen LogP contribution < -0.4 is 0 Å². The highest BCUT2D eigenvalue weighted by atomic mass is 32.1. The summed E-state index contributed by atoms with van der Waals surface area (Å²) in [5.41, 5.74) is 2.64. The van der Waals surface area contributed by atoms with Crippen molar-refractivity contribution >= 4 is 17.3 Å². The molecule has 0 fully saturated rings. The summed E-state index contributed by atoms with van der Waals surface area (Å²) in [5, 5.41) is 1.97. The SMILES string of the molecule is CCOC(=O)Cc1nc(-c2cccc(C)c2)oc1-c1cccs1. The molecular formula is C18H17NO3S. The fraction of sp³-hybridized carbons (Fsp3) is 0.222. The van der Waals surface area contributed by atoms with Gasteiger partial charge < -0.3 is 9.15 Å². The summed E-state index contributed by atoms with van der Waals surface area (Å²) in [7, 11) is 0. The number of oxazole rings is 1. The second kappa shape index (κ2) is 6.79. The molecule has 23 heavy (non-hydrogen) atoms. The minimum absolute atomic E-state index is 0.108. The summed E-state index contributed by atoms with van der Waals surface area (Å²) in [6.45, 7) is 4.17. The molecule has 0 radical (unpaired) electrons. The number of carbonyl (C=O) groups excluding carboxylic acids is 1. The average Bonchev–Trinajstić information content (AvgIpc) is 3.16. The van der Waals surface area contributed by atoms with Gasteiger partial charge in [-0.25, -0.2) is 4.98 Å². The lowest BCUT2D eigenvalue weighted by atomic mass is 10.1. The molecule has 0 aliphatic carbocycles. The minimum atomic E-state index is -0.297. The molecule has 3 aromatic rings. The average molecular weight is 327 g/mol. The van der Waals surface area contributed by atoms with Crippen molar-refractivity contribution in [3.05, 3.63) is 53.0 Å². The van der Waals surface area contributed by atoms with Crippen molar-refractivity contribution in [2.24, 2.45) is 0 Å². The number of esters is 1. The van der Waals surface area contributed by atoms with E-state index in [0.717, 1.165) is 16.0 Å². The van der Waals surface area contributed by atoms with E-state index in [2.05, 4.69) is 4.98 Å². The highest BCUT2D eigenvalue weighted by Gasteiger charge is 2.20. The van der Waals surface area contributed by atoms with Crippen LogP contribution in [0.15, 0.2) is 46.2 Å². The van der Waals surface area contributed by atoms with Crippen LogP contribution in [-0.4, -0.2) is 17.6 Å². The Hall–Kier alpha value is -2.40. The van der Waals surface area contributed by atoms with Crippen molar-refractivity contribution in [3.63, 3.8) is 0 Å². The van der Waals surface area contributed by atoms with Gasteiger partial charge in [0.15, 0.2) is 5.76 Å². The standard InChI is InChI=1S/C18H17NO3S/c1-3-21-16(20)11-14-17(15-8-5-9-23-15)22-18(19-14)13-7-4-6-12(2)10-13/h4-10H,3,11H2,1-2H3. The van der Waals surface area contributed by atoms with Crippen LogP contribution in [0.5, 0.6) is 0 Å². The maximum Gasteiger partial charge on any atom is 0.312 e. The molecule has 5 heteroatoms. The normalized spacial score (nSPS) is 10.7. The second-order valence-electron chi connectivity index (χ2n) is 5.12. The Kier molecular flexibility index (Phi) is 4.57. The van der Waals surface area contributed by atoms with Gasteiger partial charge in [0.1, 0.15) is 0 Å². The fourth-order valence-electron chi connectivity index (χ4n) is 2.32. The van der Waals surface area contributed by atoms with Crippen molar-refractivity contribution in [1.82, 2.24) is 4.98 Å². The Morgan fingerprint density at radius 3 is 2.87 bits per heavy atom. The van der Waals surface area contributed by atoms with Crippen molar-refractivity contribution in [2.75, 3.05) is 6.61 Å². The summed E-state index contributed by atoms with van der Waals surface area (Å²) in [4.78, 5) is 17.3. The lowest BCUT2D eigenvalue weighted by molar-refractivity contribution is -0.142. The first-order valence-corrected chi connectivity index (χ1v) is 8.31. The zero-order valence-corrected chi connectivity index (χ0v) is 13.9. The van der Waals surface area contributed by atoms with Gasteiger partial charge in [0, 0.05) is 5.56 Å². The quantitative estimate of drug-likeness (QED) is 0.648. The molecule has 4 nitrogen and oxygen atoms in total. The largest absolute Gasteiger partial charge is 0.466 e.